The van der Waals surface area contributed by atoms with Gasteiger partial charge in [-0.2, -0.15) is 0 Å². The minimum atomic E-state index is -1.87. The van der Waals surface area contributed by atoms with Crippen molar-refractivity contribution in [3.05, 3.63) is 0 Å². The predicted octanol–water partition coefficient (Wildman–Crippen LogP) is 3.77. The standard InChI is InChI=1S/C12H26O3P/c1-3-5-7-9-11-14-16(13)15-12-10-8-6-4-2/h3-12H2,1-2H3/q-1. The van der Waals surface area contributed by atoms with E-state index in [1.165, 1.54) is 25.7 Å². The van der Waals surface area contributed by atoms with Crippen molar-refractivity contribution in [1.82, 2.24) is 0 Å². The molecule has 0 aromatic heterocycles. The van der Waals surface area contributed by atoms with Crippen LogP contribution >= 0.6 is 8.60 Å². The van der Waals surface area contributed by atoms with Crippen LogP contribution in [0.1, 0.15) is 65.2 Å². The Kier molecular flexibility index (Phi) is 13.6. The van der Waals surface area contributed by atoms with Crippen LogP contribution in [0.2, 0.25) is 0 Å². The zero-order chi connectivity index (χ0) is 12.1. The Morgan fingerprint density at radius 1 is 0.750 bits per heavy atom. The fraction of sp³-hybridized carbons (Fsp3) is 1.00. The highest BCUT2D eigenvalue weighted by Gasteiger charge is 1.96. The lowest BCUT2D eigenvalue weighted by molar-refractivity contribution is -0.204. The summed E-state index contributed by atoms with van der Waals surface area (Å²) in [5, 5.41) is 0. The van der Waals surface area contributed by atoms with Crippen molar-refractivity contribution >= 4 is 8.60 Å². The molecule has 0 saturated carbocycles. The topological polar surface area (TPSA) is 41.5 Å². The summed E-state index contributed by atoms with van der Waals surface area (Å²) in [7, 11) is -1.87. The summed E-state index contributed by atoms with van der Waals surface area (Å²) < 4.78 is 10.2. The highest BCUT2D eigenvalue weighted by atomic mass is 31.2. The quantitative estimate of drug-likeness (QED) is 0.390. The van der Waals surface area contributed by atoms with Crippen molar-refractivity contribution in [3.63, 3.8) is 0 Å². The van der Waals surface area contributed by atoms with Gasteiger partial charge in [0.25, 0.3) is 0 Å². The average molecular weight is 249 g/mol. The third-order valence-corrected chi connectivity index (χ3v) is 3.18. The van der Waals surface area contributed by atoms with E-state index in [0.29, 0.717) is 13.2 Å². The Balaban J connectivity index is 3.09. The second-order valence-corrected chi connectivity index (χ2v) is 4.97. The summed E-state index contributed by atoms with van der Waals surface area (Å²) in [6.07, 6.45) is 9.12. The Hall–Kier alpha value is 0.310. The van der Waals surface area contributed by atoms with E-state index in [2.05, 4.69) is 13.8 Å². The molecule has 0 aliphatic rings. The van der Waals surface area contributed by atoms with E-state index in [0.717, 1.165) is 25.7 Å². The fourth-order valence-corrected chi connectivity index (χ4v) is 2.00. The Bertz CT molecular complexity index is 119. The summed E-state index contributed by atoms with van der Waals surface area (Å²) in [4.78, 5) is 11.2. The summed E-state index contributed by atoms with van der Waals surface area (Å²) in [6, 6.07) is 0. The van der Waals surface area contributed by atoms with Crippen LogP contribution in [-0.4, -0.2) is 13.2 Å². The summed E-state index contributed by atoms with van der Waals surface area (Å²) in [6.45, 7) is 5.45. The minimum Gasteiger partial charge on any atom is -0.786 e. The van der Waals surface area contributed by atoms with Crippen molar-refractivity contribution in [2.45, 2.75) is 65.2 Å². The molecule has 0 bridgehead atoms. The van der Waals surface area contributed by atoms with Gasteiger partial charge in [-0.3, -0.25) is 0 Å². The number of hydrogen-bond donors (Lipinski definition) is 0. The van der Waals surface area contributed by atoms with Gasteiger partial charge in [0.05, 0.1) is 21.8 Å². The van der Waals surface area contributed by atoms with Crippen molar-refractivity contribution < 1.29 is 13.9 Å². The third kappa shape index (κ3) is 12.4. The van der Waals surface area contributed by atoms with Crippen LogP contribution in [-0.2, 0) is 9.05 Å². The second-order valence-electron chi connectivity index (χ2n) is 4.01. The zero-order valence-electron chi connectivity index (χ0n) is 10.7. The Morgan fingerprint density at radius 2 is 1.19 bits per heavy atom. The van der Waals surface area contributed by atoms with Crippen LogP contribution in [0.25, 0.3) is 0 Å². The largest absolute Gasteiger partial charge is 0.786 e. The maximum atomic E-state index is 11.2. The molecule has 0 amide bonds. The molecule has 16 heavy (non-hydrogen) atoms. The molecule has 3 nitrogen and oxygen atoms in total. The molecule has 0 rings (SSSR count). The lowest BCUT2D eigenvalue weighted by Gasteiger charge is -2.21. The predicted molar refractivity (Wildman–Crippen MR) is 67.1 cm³/mol. The normalized spacial score (nSPS) is 11.2. The molecule has 0 radical (unpaired) electrons. The van der Waals surface area contributed by atoms with E-state index in [9.17, 15) is 4.89 Å². The first kappa shape index (κ1) is 16.3. The molecule has 0 heterocycles. The molecule has 0 fully saturated rings. The molecule has 0 atom stereocenters. The molecule has 0 saturated heterocycles. The van der Waals surface area contributed by atoms with Crippen molar-refractivity contribution in [3.8, 4) is 0 Å². The third-order valence-electron chi connectivity index (χ3n) is 2.39. The molecule has 0 aliphatic heterocycles. The molecule has 0 unspecified atom stereocenters. The Morgan fingerprint density at radius 3 is 1.56 bits per heavy atom. The summed E-state index contributed by atoms with van der Waals surface area (Å²) in [5.74, 6) is 0. The average Bonchev–Trinajstić information content (AvgIpc) is 2.28. The minimum absolute atomic E-state index is 0.560. The number of rotatable bonds is 12. The van der Waals surface area contributed by atoms with Crippen LogP contribution < -0.4 is 4.89 Å². The number of hydrogen-bond acceptors (Lipinski definition) is 3. The molecule has 0 N–H and O–H groups in total. The summed E-state index contributed by atoms with van der Waals surface area (Å²) >= 11 is 0. The van der Waals surface area contributed by atoms with Crippen LogP contribution in [0.5, 0.6) is 0 Å². The van der Waals surface area contributed by atoms with Gasteiger partial charge in [-0.25, -0.2) is 0 Å². The van der Waals surface area contributed by atoms with Crippen LogP contribution in [0.4, 0.5) is 0 Å². The highest BCUT2D eigenvalue weighted by Crippen LogP contribution is 2.28. The van der Waals surface area contributed by atoms with Crippen molar-refractivity contribution in [2.75, 3.05) is 13.2 Å². The molecule has 0 spiro atoms. The van der Waals surface area contributed by atoms with E-state index in [4.69, 9.17) is 9.05 Å². The molecule has 98 valence electrons. The molecular formula is C12H26O3P-. The van der Waals surface area contributed by atoms with Gasteiger partial charge in [0.1, 0.15) is 0 Å². The van der Waals surface area contributed by atoms with Crippen molar-refractivity contribution in [2.24, 2.45) is 0 Å². The van der Waals surface area contributed by atoms with E-state index in [1.807, 2.05) is 0 Å². The van der Waals surface area contributed by atoms with Gasteiger partial charge in [0.15, 0.2) is 0 Å². The van der Waals surface area contributed by atoms with E-state index < -0.39 is 8.60 Å². The molecule has 0 aliphatic carbocycles. The zero-order valence-corrected chi connectivity index (χ0v) is 11.6. The van der Waals surface area contributed by atoms with Gasteiger partial charge in [-0.1, -0.05) is 52.4 Å². The van der Waals surface area contributed by atoms with Gasteiger partial charge in [-0.15, -0.1) is 0 Å². The smallest absolute Gasteiger partial charge is 0.0828 e. The van der Waals surface area contributed by atoms with Crippen LogP contribution in [0.15, 0.2) is 0 Å². The van der Waals surface area contributed by atoms with E-state index in [1.54, 1.807) is 0 Å². The molecule has 0 aromatic carbocycles. The van der Waals surface area contributed by atoms with Gasteiger partial charge in [0.2, 0.25) is 0 Å². The van der Waals surface area contributed by atoms with E-state index >= 15 is 0 Å². The van der Waals surface area contributed by atoms with Crippen LogP contribution in [0, 0.1) is 0 Å². The maximum absolute atomic E-state index is 11.2. The lowest BCUT2D eigenvalue weighted by Crippen LogP contribution is -2.05. The maximum Gasteiger partial charge on any atom is 0.0828 e. The van der Waals surface area contributed by atoms with Gasteiger partial charge in [-0.05, 0) is 12.8 Å². The first-order chi connectivity index (χ1) is 7.81. The number of unbranched alkanes of at least 4 members (excludes halogenated alkanes) is 6. The first-order valence-corrected chi connectivity index (χ1v) is 7.63. The first-order valence-electron chi connectivity index (χ1n) is 6.54. The molecular weight excluding hydrogens is 223 g/mol. The SMILES string of the molecule is CCCCCCOP([O-])OCCCCCC. The molecule has 0 aromatic rings. The second kappa shape index (κ2) is 13.4. The Labute approximate surface area is 102 Å². The van der Waals surface area contributed by atoms with Gasteiger partial charge in [0, 0.05) is 0 Å². The fourth-order valence-electron chi connectivity index (χ4n) is 1.37. The van der Waals surface area contributed by atoms with Crippen LogP contribution in [0.3, 0.4) is 0 Å². The lowest BCUT2D eigenvalue weighted by atomic mass is 10.2. The monoisotopic (exact) mass is 249 g/mol. The van der Waals surface area contributed by atoms with Gasteiger partial charge < -0.3 is 13.9 Å². The van der Waals surface area contributed by atoms with Crippen molar-refractivity contribution in [1.29, 1.82) is 0 Å². The van der Waals surface area contributed by atoms with Gasteiger partial charge >= 0.3 is 0 Å². The van der Waals surface area contributed by atoms with E-state index in [-0.39, 0.29) is 0 Å². The highest BCUT2D eigenvalue weighted by molar-refractivity contribution is 7.39. The summed E-state index contributed by atoms with van der Waals surface area (Å²) in [5.41, 5.74) is 0. The molecule has 4 heteroatoms.